The lowest BCUT2D eigenvalue weighted by Crippen LogP contribution is -2.55. The molecule has 2 heterocycles. The number of aliphatic hydroxyl groups excluding tert-OH is 1. The Morgan fingerprint density at radius 1 is 1.36 bits per heavy atom. The molecule has 0 aromatic carbocycles. The van der Waals surface area contributed by atoms with Crippen molar-refractivity contribution in [3.63, 3.8) is 0 Å². The summed E-state index contributed by atoms with van der Waals surface area (Å²) in [6, 6.07) is 0. The zero-order valence-corrected chi connectivity index (χ0v) is 15.9. The van der Waals surface area contributed by atoms with Gasteiger partial charge >= 0.3 is 5.97 Å². The number of carbonyl (C=O) groups excluding carboxylic acids is 1. The topological polar surface area (TPSA) is 49.8 Å². The maximum absolute atomic E-state index is 12.7. The van der Waals surface area contributed by atoms with Crippen molar-refractivity contribution in [2.45, 2.75) is 65.1 Å². The van der Waals surface area contributed by atoms with Gasteiger partial charge in [0.2, 0.25) is 0 Å². The van der Waals surface area contributed by atoms with Gasteiger partial charge in [-0.3, -0.25) is 4.79 Å². The Hall–Kier alpha value is -0.870. The molecule has 2 aliphatic heterocycles. The molecule has 7 atom stereocenters. The van der Waals surface area contributed by atoms with Crippen LogP contribution in [-0.4, -0.2) is 47.8 Å². The molecule has 0 spiro atoms. The maximum atomic E-state index is 12.7. The minimum atomic E-state index is -0.480. The van der Waals surface area contributed by atoms with E-state index in [9.17, 15) is 9.90 Å². The molecule has 1 saturated carbocycles. The van der Waals surface area contributed by atoms with Crippen molar-refractivity contribution < 1.29 is 14.6 Å². The van der Waals surface area contributed by atoms with E-state index in [-0.39, 0.29) is 29.3 Å². The molecule has 0 aromatic heterocycles. The first-order valence-electron chi connectivity index (χ1n) is 10.2. The highest BCUT2D eigenvalue weighted by Crippen LogP contribution is 2.56. The number of ether oxygens (including phenoxy) is 1. The molecule has 7 unspecified atom stereocenters. The van der Waals surface area contributed by atoms with Gasteiger partial charge in [0, 0.05) is 30.8 Å². The van der Waals surface area contributed by atoms with Gasteiger partial charge in [-0.05, 0) is 44.1 Å². The number of rotatable bonds is 2. The van der Waals surface area contributed by atoms with E-state index in [4.69, 9.17) is 4.74 Å². The standard InChI is InChI=1S/C21H33NO3/c1-13-6-5-9-22(11-13)12-16-18-17(25-20(16)24)10-15-8-4-7-14(2)21(15,3)19(18)23/h8,13-14,16-19,23H,4-7,9-12H2,1-3H3. The van der Waals surface area contributed by atoms with E-state index in [1.54, 1.807) is 0 Å². The summed E-state index contributed by atoms with van der Waals surface area (Å²) in [5, 5.41) is 11.4. The summed E-state index contributed by atoms with van der Waals surface area (Å²) < 4.78 is 5.78. The monoisotopic (exact) mass is 347 g/mol. The number of likely N-dealkylation sites (tertiary alicyclic amines) is 1. The molecular formula is C21H33NO3. The first kappa shape index (κ1) is 17.5. The number of esters is 1. The number of fused-ring (bicyclic) bond motifs is 2. The summed E-state index contributed by atoms with van der Waals surface area (Å²) in [4.78, 5) is 15.1. The van der Waals surface area contributed by atoms with E-state index in [0.29, 0.717) is 11.8 Å². The van der Waals surface area contributed by atoms with Crippen molar-refractivity contribution in [1.82, 2.24) is 4.90 Å². The Labute approximate surface area is 151 Å². The molecule has 3 fully saturated rings. The van der Waals surface area contributed by atoms with Crippen molar-refractivity contribution in [2.24, 2.45) is 29.1 Å². The van der Waals surface area contributed by atoms with E-state index in [0.717, 1.165) is 38.9 Å². The van der Waals surface area contributed by atoms with E-state index in [1.807, 2.05) is 0 Å². The Balaban J connectivity index is 1.57. The quantitative estimate of drug-likeness (QED) is 0.616. The Morgan fingerprint density at radius 2 is 2.16 bits per heavy atom. The molecule has 1 N–H and O–H groups in total. The zero-order chi connectivity index (χ0) is 17.8. The zero-order valence-electron chi connectivity index (χ0n) is 15.9. The fraction of sp³-hybridized carbons (Fsp3) is 0.857. The molecule has 4 aliphatic rings. The molecule has 140 valence electrons. The molecule has 0 amide bonds. The Bertz CT molecular complexity index is 573. The SMILES string of the molecule is CC1CCCN(CC2C(=O)OC3CC4=CCCC(C)C4(C)C(O)C32)C1. The van der Waals surface area contributed by atoms with Crippen LogP contribution in [0.2, 0.25) is 0 Å². The molecule has 4 rings (SSSR count). The van der Waals surface area contributed by atoms with Crippen molar-refractivity contribution in [1.29, 1.82) is 0 Å². The molecule has 4 nitrogen and oxygen atoms in total. The summed E-state index contributed by atoms with van der Waals surface area (Å²) in [5.74, 6) is 0.853. The fourth-order valence-corrected chi connectivity index (χ4v) is 6.00. The van der Waals surface area contributed by atoms with Gasteiger partial charge in [-0.1, -0.05) is 32.4 Å². The molecule has 4 heteroatoms. The molecule has 25 heavy (non-hydrogen) atoms. The van der Waals surface area contributed by atoms with Gasteiger partial charge in [-0.15, -0.1) is 0 Å². The third-order valence-corrected chi connectivity index (χ3v) is 7.77. The van der Waals surface area contributed by atoms with Crippen LogP contribution in [0.5, 0.6) is 0 Å². The van der Waals surface area contributed by atoms with Crippen LogP contribution in [0, 0.1) is 29.1 Å². The highest BCUT2D eigenvalue weighted by atomic mass is 16.6. The number of nitrogens with zero attached hydrogens (tertiary/aromatic N) is 1. The second-order valence-electron chi connectivity index (χ2n) is 9.31. The molecule has 0 bridgehead atoms. The molecule has 0 aromatic rings. The lowest BCUT2D eigenvalue weighted by molar-refractivity contribution is -0.145. The van der Waals surface area contributed by atoms with Crippen molar-refractivity contribution in [2.75, 3.05) is 19.6 Å². The van der Waals surface area contributed by atoms with Crippen molar-refractivity contribution in [3.05, 3.63) is 11.6 Å². The second-order valence-corrected chi connectivity index (χ2v) is 9.31. The fourth-order valence-electron chi connectivity index (χ4n) is 6.00. The molecule has 2 aliphatic carbocycles. The minimum absolute atomic E-state index is 0.0487. The summed E-state index contributed by atoms with van der Waals surface area (Å²) in [7, 11) is 0. The third kappa shape index (κ3) is 2.76. The van der Waals surface area contributed by atoms with E-state index in [2.05, 4.69) is 31.7 Å². The second kappa shape index (κ2) is 6.38. The van der Waals surface area contributed by atoms with Gasteiger partial charge in [-0.25, -0.2) is 0 Å². The average Bonchev–Trinajstić information content (AvgIpc) is 2.86. The van der Waals surface area contributed by atoms with E-state index >= 15 is 0 Å². The van der Waals surface area contributed by atoms with Crippen molar-refractivity contribution >= 4 is 5.97 Å². The van der Waals surface area contributed by atoms with Gasteiger partial charge in [0.1, 0.15) is 6.10 Å². The lowest BCUT2D eigenvalue weighted by Gasteiger charge is -2.52. The van der Waals surface area contributed by atoms with Gasteiger partial charge in [-0.2, -0.15) is 0 Å². The number of hydrogen-bond acceptors (Lipinski definition) is 4. The van der Waals surface area contributed by atoms with Crippen LogP contribution in [0.3, 0.4) is 0 Å². The Morgan fingerprint density at radius 3 is 2.92 bits per heavy atom. The first-order valence-corrected chi connectivity index (χ1v) is 10.2. The van der Waals surface area contributed by atoms with Crippen LogP contribution in [0.25, 0.3) is 0 Å². The molecular weight excluding hydrogens is 314 g/mol. The van der Waals surface area contributed by atoms with Crippen molar-refractivity contribution in [3.8, 4) is 0 Å². The first-order chi connectivity index (χ1) is 11.9. The number of allylic oxidation sites excluding steroid dienone is 1. The van der Waals surface area contributed by atoms with Gasteiger partial charge in [0.15, 0.2) is 0 Å². The maximum Gasteiger partial charge on any atom is 0.311 e. The third-order valence-electron chi connectivity index (χ3n) is 7.77. The van der Waals surface area contributed by atoms with Crippen LogP contribution in [0.1, 0.15) is 52.9 Å². The number of hydrogen-bond donors (Lipinski definition) is 1. The summed E-state index contributed by atoms with van der Waals surface area (Å²) in [5.41, 5.74) is 1.13. The highest BCUT2D eigenvalue weighted by Gasteiger charge is 2.59. The predicted molar refractivity (Wildman–Crippen MR) is 96.9 cm³/mol. The summed E-state index contributed by atoms with van der Waals surface area (Å²) in [6.07, 6.45) is 7.21. The summed E-state index contributed by atoms with van der Waals surface area (Å²) in [6.45, 7) is 9.66. The van der Waals surface area contributed by atoms with Crippen LogP contribution in [0.15, 0.2) is 11.6 Å². The normalized spacial score (nSPS) is 47.7. The van der Waals surface area contributed by atoms with Crippen LogP contribution < -0.4 is 0 Å². The average molecular weight is 347 g/mol. The Kier molecular flexibility index (Phi) is 4.48. The van der Waals surface area contributed by atoms with Crippen LogP contribution in [-0.2, 0) is 9.53 Å². The molecule has 0 radical (unpaired) electrons. The van der Waals surface area contributed by atoms with Crippen LogP contribution >= 0.6 is 0 Å². The summed E-state index contributed by atoms with van der Waals surface area (Å²) >= 11 is 0. The largest absolute Gasteiger partial charge is 0.461 e. The predicted octanol–water partition coefficient (Wildman–Crippen LogP) is 3.00. The molecule has 2 saturated heterocycles. The minimum Gasteiger partial charge on any atom is -0.461 e. The highest BCUT2D eigenvalue weighted by molar-refractivity contribution is 5.76. The van der Waals surface area contributed by atoms with E-state index < -0.39 is 6.10 Å². The van der Waals surface area contributed by atoms with Crippen LogP contribution in [0.4, 0.5) is 0 Å². The van der Waals surface area contributed by atoms with E-state index in [1.165, 1.54) is 18.4 Å². The van der Waals surface area contributed by atoms with Gasteiger partial charge < -0.3 is 14.7 Å². The van der Waals surface area contributed by atoms with Gasteiger partial charge in [0.05, 0.1) is 12.0 Å². The number of piperidine rings is 1. The smallest absolute Gasteiger partial charge is 0.311 e. The lowest BCUT2D eigenvalue weighted by atomic mass is 9.55. The number of carbonyl (C=O) groups is 1. The van der Waals surface area contributed by atoms with Gasteiger partial charge in [0.25, 0.3) is 0 Å². The number of aliphatic hydroxyl groups is 1.